The van der Waals surface area contributed by atoms with Crippen LogP contribution in [0, 0.1) is 0 Å². The highest BCUT2D eigenvalue weighted by Gasteiger charge is 2.69. The van der Waals surface area contributed by atoms with Crippen molar-refractivity contribution < 1.29 is 75.9 Å². The maximum atomic E-state index is 13.9. The minimum Gasteiger partial charge on any atom is -0.412 e. The van der Waals surface area contributed by atoms with E-state index < -0.39 is 83.0 Å². The van der Waals surface area contributed by atoms with Gasteiger partial charge in [0.25, 0.3) is 0 Å². The number of halogens is 10. The van der Waals surface area contributed by atoms with Crippen molar-refractivity contribution in [3.8, 4) is 0 Å². The summed E-state index contributed by atoms with van der Waals surface area (Å²) in [6.07, 6.45) is -14.0. The van der Waals surface area contributed by atoms with Crippen LogP contribution in [0.4, 0.5) is 43.9 Å². The van der Waals surface area contributed by atoms with Gasteiger partial charge in [-0.05, 0) is 19.3 Å². The Labute approximate surface area is 190 Å². The van der Waals surface area contributed by atoms with Crippen molar-refractivity contribution in [3.63, 3.8) is 0 Å². The van der Waals surface area contributed by atoms with Gasteiger partial charge in [-0.15, -0.1) is 0 Å². The Morgan fingerprint density at radius 1 is 0.914 bits per heavy atom. The summed E-state index contributed by atoms with van der Waals surface area (Å²) in [5.41, 5.74) is -2.55. The number of carbonyl (C=O) groups excluding carboxylic acids is 2. The van der Waals surface area contributed by atoms with Crippen LogP contribution in [0.2, 0.25) is 0 Å². The molecule has 1 N–H and O–H groups in total. The Balaban J connectivity index is 3.42. The molecule has 0 saturated carbocycles. The number of alkyl halides is 10. The molecule has 1 heterocycles. The largest absolute Gasteiger partial charge is 0.466 e. The second-order valence-electron chi connectivity index (χ2n) is 7.13. The van der Waals surface area contributed by atoms with E-state index in [2.05, 4.69) is 16.1 Å². The van der Waals surface area contributed by atoms with Crippen molar-refractivity contribution in [2.75, 3.05) is 19.7 Å². The lowest BCUT2D eigenvalue weighted by Gasteiger charge is -2.38. The van der Waals surface area contributed by atoms with Crippen LogP contribution in [0.1, 0.15) is 25.7 Å². The predicted octanol–water partition coefficient (Wildman–Crippen LogP) is 3.44. The van der Waals surface area contributed by atoms with Gasteiger partial charge in [0.15, 0.2) is 0 Å². The van der Waals surface area contributed by atoms with Gasteiger partial charge in [0.2, 0.25) is 0 Å². The van der Waals surface area contributed by atoms with Gasteiger partial charge in [0, 0.05) is 19.5 Å². The molecule has 0 aromatic rings. The van der Waals surface area contributed by atoms with Crippen molar-refractivity contribution in [1.82, 2.24) is 4.90 Å². The maximum Gasteiger partial charge on any atom is 0.466 e. The number of esters is 1. The summed E-state index contributed by atoms with van der Waals surface area (Å²) in [6, 6.07) is 0. The van der Waals surface area contributed by atoms with Crippen molar-refractivity contribution >= 4 is 22.0 Å². The van der Waals surface area contributed by atoms with Crippen molar-refractivity contribution in [1.29, 1.82) is 0 Å². The number of hydrogen-bond acceptors (Lipinski definition) is 6. The van der Waals surface area contributed by atoms with Crippen molar-refractivity contribution in [3.05, 3.63) is 12.2 Å². The predicted molar refractivity (Wildman–Crippen MR) is 92.5 cm³/mol. The molecule has 8 nitrogen and oxygen atoms in total. The van der Waals surface area contributed by atoms with Crippen LogP contribution in [0.25, 0.3) is 0 Å². The smallest absolute Gasteiger partial charge is 0.412 e. The first-order valence-electron chi connectivity index (χ1n) is 9.23. The van der Waals surface area contributed by atoms with Gasteiger partial charge < -0.3 is 14.4 Å². The normalized spacial score (nSPS) is 18.1. The zero-order valence-corrected chi connectivity index (χ0v) is 18.0. The summed E-state index contributed by atoms with van der Waals surface area (Å²) in [4.78, 5) is 24.7. The molecule has 19 heteroatoms. The van der Waals surface area contributed by atoms with E-state index in [4.69, 9.17) is 4.55 Å². The summed E-state index contributed by atoms with van der Waals surface area (Å²) in [5.74, 6) is -16.1. The zero-order chi connectivity index (χ0) is 27.7. The minimum atomic E-state index is -6.79. The second kappa shape index (κ2) is 10.1. The van der Waals surface area contributed by atoms with Crippen LogP contribution >= 0.6 is 0 Å². The Hall–Kier alpha value is -2.15. The Bertz CT molecular complexity index is 926. The van der Waals surface area contributed by atoms with E-state index in [1.165, 1.54) is 0 Å². The zero-order valence-electron chi connectivity index (χ0n) is 17.2. The maximum absolute atomic E-state index is 13.9. The molecule has 1 fully saturated rings. The van der Waals surface area contributed by atoms with E-state index in [1.54, 1.807) is 0 Å². The number of piperidine rings is 1. The lowest BCUT2D eigenvalue weighted by molar-refractivity contribution is -0.353. The molecular weight excluding hydrogens is 540 g/mol. The third-order valence-electron chi connectivity index (χ3n) is 4.59. The van der Waals surface area contributed by atoms with Crippen LogP contribution in [-0.2, 0) is 29.2 Å². The van der Waals surface area contributed by atoms with E-state index >= 15 is 0 Å². The molecule has 1 atom stereocenters. The number of ether oxygens (including phenoxy) is 2. The number of rotatable bonds is 9. The SMILES string of the molecule is C=C(C(=O)OC(OCCC(F)(F)C(F)(F)S(=O)(=O)O)(C(=O)N1CCCCC1)C(F)(F)F)C(F)(F)F. The third-order valence-corrected chi connectivity index (χ3v) is 5.54. The fraction of sp³-hybridized carbons (Fsp3) is 0.750. The Morgan fingerprint density at radius 3 is 1.80 bits per heavy atom. The first-order valence-corrected chi connectivity index (χ1v) is 10.7. The van der Waals surface area contributed by atoms with E-state index in [9.17, 15) is 61.9 Å². The summed E-state index contributed by atoms with van der Waals surface area (Å²) >= 11 is 0. The molecule has 0 aromatic carbocycles. The van der Waals surface area contributed by atoms with Crippen LogP contribution < -0.4 is 0 Å². The van der Waals surface area contributed by atoms with Crippen LogP contribution in [0.5, 0.6) is 0 Å². The summed E-state index contributed by atoms with van der Waals surface area (Å²) in [5, 5.41) is -6.23. The van der Waals surface area contributed by atoms with Gasteiger partial charge in [-0.2, -0.15) is 52.3 Å². The number of nitrogens with zero attached hydrogens (tertiary/aromatic N) is 1. The Kier molecular flexibility index (Phi) is 8.89. The summed E-state index contributed by atoms with van der Waals surface area (Å²) in [6.45, 7) is -1.02. The second-order valence-corrected chi connectivity index (χ2v) is 8.59. The fourth-order valence-corrected chi connectivity index (χ4v) is 3.15. The highest BCUT2D eigenvalue weighted by Crippen LogP contribution is 2.43. The van der Waals surface area contributed by atoms with E-state index in [0.29, 0.717) is 11.3 Å². The highest BCUT2D eigenvalue weighted by molar-refractivity contribution is 7.87. The topological polar surface area (TPSA) is 110 Å². The quantitative estimate of drug-likeness (QED) is 0.152. The van der Waals surface area contributed by atoms with Gasteiger partial charge in [-0.1, -0.05) is 6.58 Å². The lowest BCUT2D eigenvalue weighted by atomic mass is 10.1. The van der Waals surface area contributed by atoms with Crippen molar-refractivity contribution in [2.24, 2.45) is 0 Å². The molecule has 1 saturated heterocycles. The molecule has 0 aliphatic carbocycles. The fourth-order valence-electron chi connectivity index (χ4n) is 2.67. The molecule has 1 unspecified atom stereocenters. The molecule has 0 spiro atoms. The molecule has 35 heavy (non-hydrogen) atoms. The van der Waals surface area contributed by atoms with Crippen LogP contribution in [-0.4, -0.2) is 78.8 Å². The molecule has 0 radical (unpaired) electrons. The third kappa shape index (κ3) is 6.54. The molecule has 1 aliphatic rings. The highest BCUT2D eigenvalue weighted by atomic mass is 32.2. The molecule has 0 aromatic heterocycles. The Morgan fingerprint density at radius 2 is 1.40 bits per heavy atom. The van der Waals surface area contributed by atoms with E-state index in [0.717, 1.165) is 0 Å². The van der Waals surface area contributed by atoms with E-state index in [1.807, 2.05) is 0 Å². The first-order chi connectivity index (χ1) is 15.5. The summed E-state index contributed by atoms with van der Waals surface area (Å²) in [7, 11) is -6.79. The first kappa shape index (κ1) is 30.9. The molecule has 0 bridgehead atoms. The van der Waals surface area contributed by atoms with Gasteiger partial charge in [-0.3, -0.25) is 9.35 Å². The molecular formula is C16H17F10NO7S. The molecule has 1 aliphatic heterocycles. The number of carbonyl (C=O) groups is 2. The van der Waals surface area contributed by atoms with Gasteiger partial charge in [-0.25, -0.2) is 4.79 Å². The van der Waals surface area contributed by atoms with Crippen LogP contribution in [0.3, 0.4) is 0 Å². The minimum absolute atomic E-state index is 0.0849. The standard InChI is InChI=1S/C16H17F10NO7S/c1-9(14(19,20)21)10(28)34-13(15(22,23)24,11(29)27-6-3-2-4-7-27)33-8-5-12(17,18)16(25,26)35(30,31)32/h1-8H2,(H,30,31,32). The molecule has 1 amide bonds. The monoisotopic (exact) mass is 557 g/mol. The number of likely N-dealkylation sites (tertiary alicyclic amines) is 1. The van der Waals surface area contributed by atoms with Crippen molar-refractivity contribution in [2.45, 2.75) is 55.0 Å². The average molecular weight is 557 g/mol. The van der Waals surface area contributed by atoms with Gasteiger partial charge in [0.05, 0.1) is 6.61 Å². The van der Waals surface area contributed by atoms with Gasteiger partial charge in [0.1, 0.15) is 5.57 Å². The lowest BCUT2D eigenvalue weighted by Crippen LogP contribution is -2.63. The number of amides is 1. The van der Waals surface area contributed by atoms with Gasteiger partial charge >= 0.3 is 51.3 Å². The number of hydrogen-bond donors (Lipinski definition) is 1. The molecule has 1 rings (SSSR count). The molecule has 204 valence electrons. The summed E-state index contributed by atoms with van der Waals surface area (Å²) < 4.78 is 171. The van der Waals surface area contributed by atoms with E-state index in [-0.39, 0.29) is 12.8 Å². The average Bonchev–Trinajstić information content (AvgIpc) is 2.69. The van der Waals surface area contributed by atoms with Crippen LogP contribution in [0.15, 0.2) is 12.2 Å².